The van der Waals surface area contributed by atoms with Gasteiger partial charge in [-0.25, -0.2) is 9.18 Å². The topological polar surface area (TPSA) is 72.5 Å². The zero-order valence-electron chi connectivity index (χ0n) is 10.9. The van der Waals surface area contributed by atoms with Crippen molar-refractivity contribution in [2.24, 2.45) is 0 Å². The van der Waals surface area contributed by atoms with Gasteiger partial charge in [0, 0.05) is 0 Å². The molecule has 2 rings (SSSR count). The first-order valence-electron chi connectivity index (χ1n) is 6.11. The molecule has 0 radical (unpaired) electrons. The number of aryl methyl sites for hydroxylation is 1. The first kappa shape index (κ1) is 13.9. The van der Waals surface area contributed by atoms with Crippen LogP contribution in [-0.2, 0) is 6.42 Å². The molecular formula is C15H14FNO3. The standard InChI is InChI=1S/C15H14FNO3/c1-2-9-5-3-4-6-11(9)20-12-8-7-10(16)14(17)13(12)15(18)19/h3-8H,2,17H2,1H3,(H,18,19). The molecule has 0 aromatic heterocycles. The number of benzene rings is 2. The lowest BCUT2D eigenvalue weighted by Crippen LogP contribution is -2.07. The number of carbonyl (C=O) groups is 1. The van der Waals surface area contributed by atoms with E-state index in [0.29, 0.717) is 5.75 Å². The molecule has 4 nitrogen and oxygen atoms in total. The molecule has 0 aliphatic carbocycles. The van der Waals surface area contributed by atoms with Crippen LogP contribution in [0.3, 0.4) is 0 Å². The second kappa shape index (κ2) is 5.61. The fourth-order valence-corrected chi connectivity index (χ4v) is 1.89. The number of hydrogen-bond donors (Lipinski definition) is 2. The van der Waals surface area contributed by atoms with Gasteiger partial charge in [0.1, 0.15) is 22.9 Å². The molecule has 0 saturated carbocycles. The summed E-state index contributed by atoms with van der Waals surface area (Å²) in [5, 5.41) is 9.15. The highest BCUT2D eigenvalue weighted by molar-refractivity contribution is 5.97. The predicted molar refractivity (Wildman–Crippen MR) is 73.7 cm³/mol. The third-order valence-corrected chi connectivity index (χ3v) is 2.94. The molecule has 0 bridgehead atoms. The molecule has 0 atom stereocenters. The Morgan fingerprint density at radius 3 is 2.60 bits per heavy atom. The van der Waals surface area contributed by atoms with E-state index >= 15 is 0 Å². The van der Waals surface area contributed by atoms with Crippen LogP contribution in [0, 0.1) is 5.82 Å². The van der Waals surface area contributed by atoms with E-state index in [9.17, 15) is 9.18 Å². The molecule has 5 heteroatoms. The maximum Gasteiger partial charge on any atom is 0.341 e. The van der Waals surface area contributed by atoms with Gasteiger partial charge in [-0.2, -0.15) is 0 Å². The van der Waals surface area contributed by atoms with E-state index in [1.54, 1.807) is 12.1 Å². The number of anilines is 1. The van der Waals surface area contributed by atoms with E-state index in [-0.39, 0.29) is 11.3 Å². The highest BCUT2D eigenvalue weighted by atomic mass is 19.1. The number of halogens is 1. The lowest BCUT2D eigenvalue weighted by Gasteiger charge is -2.13. The first-order chi connectivity index (χ1) is 9.54. The molecule has 0 aliphatic heterocycles. The average molecular weight is 275 g/mol. The SMILES string of the molecule is CCc1ccccc1Oc1ccc(F)c(N)c1C(=O)O. The van der Waals surface area contributed by atoms with Crippen LogP contribution in [0.4, 0.5) is 10.1 Å². The molecule has 20 heavy (non-hydrogen) atoms. The number of carboxylic acids is 1. The molecule has 3 N–H and O–H groups in total. The van der Waals surface area contributed by atoms with Gasteiger partial charge in [0.2, 0.25) is 0 Å². The van der Waals surface area contributed by atoms with Gasteiger partial charge in [0.15, 0.2) is 0 Å². The minimum absolute atomic E-state index is 0.0253. The van der Waals surface area contributed by atoms with Crippen molar-refractivity contribution in [2.45, 2.75) is 13.3 Å². The van der Waals surface area contributed by atoms with Crippen LogP contribution >= 0.6 is 0 Å². The molecule has 0 spiro atoms. The highest BCUT2D eigenvalue weighted by Crippen LogP contribution is 2.32. The van der Waals surface area contributed by atoms with Crippen molar-refractivity contribution in [1.29, 1.82) is 0 Å². The quantitative estimate of drug-likeness (QED) is 0.838. The monoisotopic (exact) mass is 275 g/mol. The van der Waals surface area contributed by atoms with Crippen LogP contribution in [0.15, 0.2) is 36.4 Å². The lowest BCUT2D eigenvalue weighted by atomic mass is 10.1. The Morgan fingerprint density at radius 1 is 1.25 bits per heavy atom. The van der Waals surface area contributed by atoms with E-state index in [0.717, 1.165) is 18.1 Å². The van der Waals surface area contributed by atoms with Gasteiger partial charge < -0.3 is 15.6 Å². The predicted octanol–water partition coefficient (Wildman–Crippen LogP) is 3.46. The minimum Gasteiger partial charge on any atom is -0.477 e. The second-order valence-corrected chi connectivity index (χ2v) is 4.20. The van der Waals surface area contributed by atoms with E-state index in [4.69, 9.17) is 15.6 Å². The molecule has 0 heterocycles. The molecule has 0 aliphatic rings. The van der Waals surface area contributed by atoms with Gasteiger partial charge in [-0.3, -0.25) is 0 Å². The number of aromatic carboxylic acids is 1. The van der Waals surface area contributed by atoms with E-state index < -0.39 is 17.5 Å². The number of para-hydroxylation sites is 1. The van der Waals surface area contributed by atoms with Crippen molar-refractivity contribution >= 4 is 11.7 Å². The number of carboxylic acid groups (broad SMARTS) is 1. The second-order valence-electron chi connectivity index (χ2n) is 4.20. The maximum absolute atomic E-state index is 13.4. The highest BCUT2D eigenvalue weighted by Gasteiger charge is 2.19. The van der Waals surface area contributed by atoms with E-state index in [2.05, 4.69) is 0 Å². The van der Waals surface area contributed by atoms with Crippen LogP contribution < -0.4 is 10.5 Å². The van der Waals surface area contributed by atoms with Crippen molar-refractivity contribution in [3.63, 3.8) is 0 Å². The summed E-state index contributed by atoms with van der Waals surface area (Å²) in [6.45, 7) is 1.96. The number of nitrogens with two attached hydrogens (primary N) is 1. The average Bonchev–Trinajstić information content (AvgIpc) is 2.43. The fourth-order valence-electron chi connectivity index (χ4n) is 1.89. The lowest BCUT2D eigenvalue weighted by molar-refractivity contribution is 0.0695. The number of rotatable bonds is 4. The Morgan fingerprint density at radius 2 is 1.95 bits per heavy atom. The number of hydrogen-bond acceptors (Lipinski definition) is 3. The molecular weight excluding hydrogens is 261 g/mol. The number of ether oxygens (including phenoxy) is 1. The Bertz CT molecular complexity index is 656. The zero-order valence-corrected chi connectivity index (χ0v) is 10.9. The van der Waals surface area contributed by atoms with Gasteiger partial charge in [-0.05, 0) is 30.2 Å². The van der Waals surface area contributed by atoms with Crippen molar-refractivity contribution < 1.29 is 19.0 Å². The van der Waals surface area contributed by atoms with Crippen molar-refractivity contribution in [2.75, 3.05) is 5.73 Å². The van der Waals surface area contributed by atoms with Crippen LogP contribution in [-0.4, -0.2) is 11.1 Å². The first-order valence-corrected chi connectivity index (χ1v) is 6.11. The normalized spacial score (nSPS) is 10.3. The third kappa shape index (κ3) is 2.56. The van der Waals surface area contributed by atoms with E-state index in [1.807, 2.05) is 19.1 Å². The summed E-state index contributed by atoms with van der Waals surface area (Å²) in [4.78, 5) is 11.2. The minimum atomic E-state index is -1.33. The van der Waals surface area contributed by atoms with Crippen LogP contribution in [0.2, 0.25) is 0 Å². The van der Waals surface area contributed by atoms with Crippen molar-refractivity contribution in [3.8, 4) is 11.5 Å². The van der Waals surface area contributed by atoms with Gasteiger partial charge in [0.05, 0.1) is 5.69 Å². The third-order valence-electron chi connectivity index (χ3n) is 2.94. The van der Waals surface area contributed by atoms with Gasteiger partial charge >= 0.3 is 5.97 Å². The number of nitrogen functional groups attached to an aromatic ring is 1. The van der Waals surface area contributed by atoms with Gasteiger partial charge in [0.25, 0.3) is 0 Å². The Hall–Kier alpha value is -2.56. The largest absolute Gasteiger partial charge is 0.477 e. The van der Waals surface area contributed by atoms with E-state index in [1.165, 1.54) is 6.07 Å². The molecule has 0 fully saturated rings. The van der Waals surface area contributed by atoms with Crippen LogP contribution in [0.1, 0.15) is 22.8 Å². The summed E-state index contributed by atoms with van der Waals surface area (Å²) < 4.78 is 19.0. The van der Waals surface area contributed by atoms with Crippen molar-refractivity contribution in [3.05, 3.63) is 53.3 Å². The summed E-state index contributed by atoms with van der Waals surface area (Å²) in [6.07, 6.45) is 0.731. The molecule has 2 aromatic rings. The molecule has 0 unspecified atom stereocenters. The Kier molecular flexibility index (Phi) is 3.89. The Labute approximate surface area is 115 Å². The summed E-state index contributed by atoms with van der Waals surface area (Å²) in [5.41, 5.74) is 5.60. The zero-order chi connectivity index (χ0) is 14.7. The van der Waals surface area contributed by atoms with Gasteiger partial charge in [-0.15, -0.1) is 0 Å². The maximum atomic E-state index is 13.4. The fraction of sp³-hybridized carbons (Fsp3) is 0.133. The summed E-state index contributed by atoms with van der Waals surface area (Å²) in [5.74, 6) is -1.55. The van der Waals surface area contributed by atoms with Gasteiger partial charge in [-0.1, -0.05) is 25.1 Å². The molecule has 0 amide bonds. The van der Waals surface area contributed by atoms with Crippen LogP contribution in [0.25, 0.3) is 0 Å². The molecule has 104 valence electrons. The summed E-state index contributed by atoms with van der Waals surface area (Å²) in [7, 11) is 0. The smallest absolute Gasteiger partial charge is 0.341 e. The molecule has 0 saturated heterocycles. The summed E-state index contributed by atoms with van der Waals surface area (Å²) >= 11 is 0. The Balaban J connectivity index is 2.49. The van der Waals surface area contributed by atoms with Crippen molar-refractivity contribution in [1.82, 2.24) is 0 Å². The summed E-state index contributed by atoms with van der Waals surface area (Å²) in [6, 6.07) is 9.60. The van der Waals surface area contributed by atoms with Crippen LogP contribution in [0.5, 0.6) is 11.5 Å². The molecule has 2 aromatic carbocycles.